The van der Waals surface area contributed by atoms with Crippen LogP contribution in [0.15, 0.2) is 45.3 Å². The van der Waals surface area contributed by atoms with E-state index in [1.54, 1.807) is 31.7 Å². The van der Waals surface area contributed by atoms with Crippen LogP contribution in [0.5, 0.6) is 0 Å². The molecular formula is C17H24N4O2S. The SMILES string of the molecule is CN(C)C(=O)CN=C(NCCc1ccco1)NCCc1cccs1. The summed E-state index contributed by atoms with van der Waals surface area (Å²) < 4.78 is 5.32. The number of guanidine groups is 1. The molecule has 0 saturated carbocycles. The Morgan fingerprint density at radius 2 is 2.00 bits per heavy atom. The third kappa shape index (κ3) is 6.45. The first-order valence-corrected chi connectivity index (χ1v) is 8.80. The molecule has 2 rings (SSSR count). The molecule has 2 heterocycles. The maximum absolute atomic E-state index is 11.7. The number of nitrogens with zero attached hydrogens (tertiary/aromatic N) is 2. The molecule has 0 unspecified atom stereocenters. The summed E-state index contributed by atoms with van der Waals surface area (Å²) in [6.07, 6.45) is 3.36. The van der Waals surface area contributed by atoms with Crippen LogP contribution in [0.4, 0.5) is 0 Å². The van der Waals surface area contributed by atoms with Crippen molar-refractivity contribution in [3.8, 4) is 0 Å². The molecule has 6 nitrogen and oxygen atoms in total. The number of aliphatic imine (C=N–C) groups is 1. The monoisotopic (exact) mass is 348 g/mol. The topological polar surface area (TPSA) is 69.9 Å². The lowest BCUT2D eigenvalue weighted by Crippen LogP contribution is -2.40. The number of furan rings is 1. The third-order valence-electron chi connectivity index (χ3n) is 3.36. The number of nitrogens with one attached hydrogen (secondary N) is 2. The molecule has 0 radical (unpaired) electrons. The highest BCUT2D eigenvalue weighted by atomic mass is 32.1. The van der Waals surface area contributed by atoms with Crippen LogP contribution in [0.3, 0.4) is 0 Å². The lowest BCUT2D eigenvalue weighted by Gasteiger charge is -2.13. The number of hydrogen-bond acceptors (Lipinski definition) is 4. The van der Waals surface area contributed by atoms with E-state index in [9.17, 15) is 4.79 Å². The highest BCUT2D eigenvalue weighted by Crippen LogP contribution is 2.08. The van der Waals surface area contributed by atoms with Crippen LogP contribution in [-0.2, 0) is 17.6 Å². The van der Waals surface area contributed by atoms with Gasteiger partial charge in [-0.05, 0) is 30.0 Å². The lowest BCUT2D eigenvalue weighted by molar-refractivity contribution is -0.127. The van der Waals surface area contributed by atoms with Gasteiger partial charge in [-0.15, -0.1) is 11.3 Å². The smallest absolute Gasteiger partial charge is 0.243 e. The predicted octanol–water partition coefficient (Wildman–Crippen LogP) is 1.75. The Hall–Kier alpha value is -2.28. The Kier molecular flexibility index (Phi) is 7.35. The Bertz CT molecular complexity index is 579. The summed E-state index contributed by atoms with van der Waals surface area (Å²) in [6.45, 7) is 1.58. The number of thiophene rings is 1. The van der Waals surface area contributed by atoms with Crippen LogP contribution < -0.4 is 10.6 Å². The Balaban J connectivity index is 1.82. The number of carbonyl (C=O) groups is 1. The van der Waals surface area contributed by atoms with E-state index < -0.39 is 0 Å². The molecule has 0 aromatic carbocycles. The Morgan fingerprint density at radius 3 is 2.62 bits per heavy atom. The van der Waals surface area contributed by atoms with E-state index in [2.05, 4.69) is 27.1 Å². The molecule has 130 valence electrons. The Labute approximate surface area is 146 Å². The largest absolute Gasteiger partial charge is 0.469 e. The molecule has 0 spiro atoms. The average molecular weight is 348 g/mol. The van der Waals surface area contributed by atoms with Gasteiger partial charge in [0.1, 0.15) is 12.3 Å². The molecule has 2 aromatic heterocycles. The van der Waals surface area contributed by atoms with Gasteiger partial charge in [-0.3, -0.25) is 4.79 Å². The number of hydrogen-bond donors (Lipinski definition) is 2. The van der Waals surface area contributed by atoms with E-state index in [4.69, 9.17) is 4.42 Å². The second kappa shape index (κ2) is 9.77. The summed E-state index contributed by atoms with van der Waals surface area (Å²) in [5.41, 5.74) is 0. The maximum Gasteiger partial charge on any atom is 0.243 e. The normalized spacial score (nSPS) is 11.3. The first kappa shape index (κ1) is 18.1. The Morgan fingerprint density at radius 1 is 1.21 bits per heavy atom. The maximum atomic E-state index is 11.7. The minimum absolute atomic E-state index is 0.0274. The van der Waals surface area contributed by atoms with E-state index in [1.165, 1.54) is 9.78 Å². The van der Waals surface area contributed by atoms with Gasteiger partial charge in [-0.25, -0.2) is 4.99 Å². The van der Waals surface area contributed by atoms with Crippen molar-refractivity contribution in [3.63, 3.8) is 0 Å². The van der Waals surface area contributed by atoms with Crippen molar-refractivity contribution in [1.82, 2.24) is 15.5 Å². The number of rotatable bonds is 8. The average Bonchev–Trinajstić information content (AvgIpc) is 3.25. The summed E-state index contributed by atoms with van der Waals surface area (Å²) in [4.78, 5) is 18.9. The number of likely N-dealkylation sites (N-methyl/N-ethyl adjacent to an activating group) is 1. The van der Waals surface area contributed by atoms with Crippen LogP contribution in [0.2, 0.25) is 0 Å². The fraction of sp³-hybridized carbons (Fsp3) is 0.412. The summed E-state index contributed by atoms with van der Waals surface area (Å²) in [5.74, 6) is 1.54. The van der Waals surface area contributed by atoms with Crippen molar-refractivity contribution in [2.24, 2.45) is 4.99 Å². The van der Waals surface area contributed by atoms with Gasteiger partial charge < -0.3 is 20.0 Å². The van der Waals surface area contributed by atoms with Crippen LogP contribution >= 0.6 is 11.3 Å². The molecule has 1 amide bonds. The molecule has 0 saturated heterocycles. The summed E-state index contributed by atoms with van der Waals surface area (Å²) in [7, 11) is 3.46. The van der Waals surface area contributed by atoms with Crippen LogP contribution in [-0.4, -0.2) is 50.5 Å². The van der Waals surface area contributed by atoms with Crippen molar-refractivity contribution in [3.05, 3.63) is 46.5 Å². The van der Waals surface area contributed by atoms with Gasteiger partial charge in [-0.1, -0.05) is 6.07 Å². The van der Waals surface area contributed by atoms with Gasteiger partial charge >= 0.3 is 0 Å². The summed E-state index contributed by atoms with van der Waals surface area (Å²) in [5, 5.41) is 8.59. The second-order valence-electron chi connectivity index (χ2n) is 5.47. The highest BCUT2D eigenvalue weighted by Gasteiger charge is 2.05. The number of amides is 1. The second-order valence-corrected chi connectivity index (χ2v) is 6.50. The number of carbonyl (C=O) groups excluding carboxylic acids is 1. The van der Waals surface area contributed by atoms with Gasteiger partial charge in [0, 0.05) is 38.5 Å². The van der Waals surface area contributed by atoms with Crippen molar-refractivity contribution in [1.29, 1.82) is 0 Å². The molecule has 0 bridgehead atoms. The van der Waals surface area contributed by atoms with Crippen LogP contribution in [0.1, 0.15) is 10.6 Å². The third-order valence-corrected chi connectivity index (χ3v) is 4.30. The van der Waals surface area contributed by atoms with Gasteiger partial charge in [-0.2, -0.15) is 0 Å². The van der Waals surface area contributed by atoms with Gasteiger partial charge in [0.25, 0.3) is 0 Å². The zero-order chi connectivity index (χ0) is 17.2. The summed E-state index contributed by atoms with van der Waals surface area (Å²) in [6, 6.07) is 7.98. The molecular weight excluding hydrogens is 324 g/mol. The lowest BCUT2D eigenvalue weighted by atomic mass is 10.3. The van der Waals surface area contributed by atoms with Crippen molar-refractivity contribution >= 4 is 23.2 Å². The predicted molar refractivity (Wildman–Crippen MR) is 97.4 cm³/mol. The molecule has 0 fully saturated rings. The zero-order valence-corrected chi connectivity index (χ0v) is 14.9. The molecule has 0 aliphatic heterocycles. The fourth-order valence-electron chi connectivity index (χ4n) is 1.98. The highest BCUT2D eigenvalue weighted by molar-refractivity contribution is 7.09. The first-order chi connectivity index (χ1) is 11.6. The van der Waals surface area contributed by atoms with E-state index in [0.717, 1.165) is 25.1 Å². The zero-order valence-electron chi connectivity index (χ0n) is 14.1. The van der Waals surface area contributed by atoms with E-state index in [0.29, 0.717) is 12.5 Å². The molecule has 24 heavy (non-hydrogen) atoms. The standard InChI is InChI=1S/C17H24N4O2S/c1-21(2)16(22)13-20-17(18-9-7-14-5-3-11-23-14)19-10-8-15-6-4-12-24-15/h3-6,11-12H,7-10,13H2,1-2H3,(H2,18,19,20). The minimum Gasteiger partial charge on any atom is -0.469 e. The van der Waals surface area contributed by atoms with E-state index in [1.807, 2.05) is 18.2 Å². The first-order valence-electron chi connectivity index (χ1n) is 7.92. The fourth-order valence-corrected chi connectivity index (χ4v) is 2.69. The van der Waals surface area contributed by atoms with Crippen LogP contribution in [0.25, 0.3) is 0 Å². The van der Waals surface area contributed by atoms with E-state index in [-0.39, 0.29) is 12.5 Å². The summed E-state index contributed by atoms with van der Waals surface area (Å²) >= 11 is 1.74. The quantitative estimate of drug-likeness (QED) is 0.563. The molecule has 2 N–H and O–H groups in total. The van der Waals surface area contributed by atoms with Crippen molar-refractivity contribution < 1.29 is 9.21 Å². The van der Waals surface area contributed by atoms with Crippen LogP contribution in [0, 0.1) is 0 Å². The molecule has 0 atom stereocenters. The molecule has 0 aliphatic rings. The van der Waals surface area contributed by atoms with E-state index >= 15 is 0 Å². The molecule has 7 heteroatoms. The van der Waals surface area contributed by atoms with Gasteiger partial charge in [0.05, 0.1) is 6.26 Å². The molecule has 2 aromatic rings. The molecule has 0 aliphatic carbocycles. The van der Waals surface area contributed by atoms with Crippen molar-refractivity contribution in [2.45, 2.75) is 12.8 Å². The van der Waals surface area contributed by atoms with Crippen molar-refractivity contribution in [2.75, 3.05) is 33.7 Å². The minimum atomic E-state index is -0.0274. The van der Waals surface area contributed by atoms with Gasteiger partial charge in [0.2, 0.25) is 5.91 Å². The van der Waals surface area contributed by atoms with Gasteiger partial charge in [0.15, 0.2) is 5.96 Å².